The molecule has 1 atom stereocenters. The summed E-state index contributed by atoms with van der Waals surface area (Å²) < 4.78 is 1.66. The van der Waals surface area contributed by atoms with Crippen LogP contribution in [0.5, 0.6) is 0 Å². The third kappa shape index (κ3) is 2.80. The van der Waals surface area contributed by atoms with Gasteiger partial charge in [0.1, 0.15) is 12.7 Å². The van der Waals surface area contributed by atoms with Crippen molar-refractivity contribution in [3.63, 3.8) is 0 Å². The van der Waals surface area contributed by atoms with Crippen LogP contribution >= 0.6 is 11.8 Å². The quantitative estimate of drug-likeness (QED) is 0.941. The first-order valence-electron chi connectivity index (χ1n) is 6.80. The first-order chi connectivity index (χ1) is 9.65. The zero-order valence-corrected chi connectivity index (χ0v) is 12.6. The number of nitrogens with one attached hydrogen (secondary N) is 1. The Hall–Kier alpha value is -1.56. The molecule has 1 saturated heterocycles. The smallest absolute Gasteiger partial charge is 0.155 e. The number of thioether (sulfide) groups is 1. The van der Waals surface area contributed by atoms with Crippen molar-refractivity contribution >= 4 is 17.4 Å². The summed E-state index contributed by atoms with van der Waals surface area (Å²) in [5.41, 5.74) is 1.39. The second-order valence-corrected chi connectivity index (χ2v) is 6.91. The molecular formula is C14H19N5S. The molecule has 6 heteroatoms. The largest absolute Gasteiger partial charge is 0.380 e. The fraction of sp³-hybridized carbons (Fsp3) is 0.500. The third-order valence-electron chi connectivity index (χ3n) is 3.86. The number of rotatable bonds is 3. The molecule has 1 aliphatic rings. The van der Waals surface area contributed by atoms with Crippen molar-refractivity contribution in [1.82, 2.24) is 19.7 Å². The molecular weight excluding hydrogens is 270 g/mol. The van der Waals surface area contributed by atoms with Crippen molar-refractivity contribution in [1.29, 1.82) is 0 Å². The maximum absolute atomic E-state index is 4.43. The van der Waals surface area contributed by atoms with Crippen LogP contribution in [0.3, 0.4) is 0 Å². The molecule has 3 heterocycles. The summed E-state index contributed by atoms with van der Waals surface area (Å²) in [6.45, 7) is 4.67. The van der Waals surface area contributed by atoms with E-state index in [1.165, 1.54) is 18.5 Å². The third-order valence-corrected chi connectivity index (χ3v) is 4.92. The Labute approximate surface area is 123 Å². The summed E-state index contributed by atoms with van der Waals surface area (Å²) in [5, 5.41) is 7.69. The number of pyridine rings is 1. The molecule has 0 bridgehead atoms. The summed E-state index contributed by atoms with van der Waals surface area (Å²) >= 11 is 2.02. The lowest BCUT2D eigenvalue weighted by atomic mass is 9.82. The van der Waals surface area contributed by atoms with E-state index in [-0.39, 0.29) is 0 Å². The van der Waals surface area contributed by atoms with Crippen molar-refractivity contribution < 1.29 is 0 Å². The van der Waals surface area contributed by atoms with Crippen molar-refractivity contribution in [3.8, 4) is 5.82 Å². The molecule has 1 N–H and O–H groups in total. The normalized spacial score (nSPS) is 21.6. The minimum Gasteiger partial charge on any atom is -0.380 e. The molecule has 5 nitrogen and oxygen atoms in total. The molecule has 0 aromatic carbocycles. The topological polar surface area (TPSA) is 55.6 Å². The molecule has 0 radical (unpaired) electrons. The maximum atomic E-state index is 4.43. The Bertz CT molecular complexity index is 549. The van der Waals surface area contributed by atoms with E-state index < -0.39 is 0 Å². The van der Waals surface area contributed by atoms with Gasteiger partial charge in [-0.25, -0.2) is 14.6 Å². The average Bonchev–Trinajstić information content (AvgIpc) is 2.96. The fourth-order valence-electron chi connectivity index (χ4n) is 2.31. The molecule has 1 aliphatic heterocycles. The lowest BCUT2D eigenvalue weighted by molar-refractivity contribution is 0.305. The van der Waals surface area contributed by atoms with Gasteiger partial charge >= 0.3 is 0 Å². The molecule has 2 aromatic heterocycles. The van der Waals surface area contributed by atoms with Crippen LogP contribution in [0, 0.1) is 5.41 Å². The summed E-state index contributed by atoms with van der Waals surface area (Å²) in [4.78, 5) is 8.35. The van der Waals surface area contributed by atoms with Gasteiger partial charge in [0, 0.05) is 11.8 Å². The Balaban J connectivity index is 1.72. The Morgan fingerprint density at radius 2 is 2.30 bits per heavy atom. The van der Waals surface area contributed by atoms with Gasteiger partial charge in [0.2, 0.25) is 0 Å². The standard InChI is InChI=1S/C14H19N5S/c1-14(2)5-6-20-8-12(14)18-11-3-4-13(16-7-11)19-10-15-9-17-19/h3-4,7,9-10,12,18H,5-6,8H2,1-2H3. The Morgan fingerprint density at radius 1 is 1.40 bits per heavy atom. The number of hydrogen-bond acceptors (Lipinski definition) is 5. The van der Waals surface area contributed by atoms with E-state index in [2.05, 4.69) is 40.3 Å². The molecule has 0 spiro atoms. The van der Waals surface area contributed by atoms with Gasteiger partial charge in [-0.1, -0.05) is 13.8 Å². The van der Waals surface area contributed by atoms with Gasteiger partial charge in [0.25, 0.3) is 0 Å². The van der Waals surface area contributed by atoms with Gasteiger partial charge in [0.15, 0.2) is 5.82 Å². The molecule has 2 aromatic rings. The predicted molar refractivity (Wildman–Crippen MR) is 82.3 cm³/mol. The molecule has 106 valence electrons. The lowest BCUT2D eigenvalue weighted by Crippen LogP contribution is -2.41. The van der Waals surface area contributed by atoms with Crippen LogP contribution in [0.2, 0.25) is 0 Å². The van der Waals surface area contributed by atoms with E-state index in [1.54, 1.807) is 11.0 Å². The molecule has 0 amide bonds. The highest BCUT2D eigenvalue weighted by atomic mass is 32.2. The molecule has 1 fully saturated rings. The van der Waals surface area contributed by atoms with E-state index in [0.29, 0.717) is 11.5 Å². The summed E-state index contributed by atoms with van der Waals surface area (Å²) in [5.74, 6) is 3.19. The number of hydrogen-bond donors (Lipinski definition) is 1. The first kappa shape index (κ1) is 13.4. The van der Waals surface area contributed by atoms with Crippen LogP contribution in [0.4, 0.5) is 5.69 Å². The number of aromatic nitrogens is 4. The van der Waals surface area contributed by atoms with E-state index in [1.807, 2.05) is 24.0 Å². The van der Waals surface area contributed by atoms with Gasteiger partial charge in [-0.2, -0.15) is 16.9 Å². The second-order valence-electron chi connectivity index (χ2n) is 5.76. The van der Waals surface area contributed by atoms with Crippen LogP contribution in [0.25, 0.3) is 5.82 Å². The van der Waals surface area contributed by atoms with Crippen LogP contribution < -0.4 is 5.32 Å². The van der Waals surface area contributed by atoms with E-state index in [4.69, 9.17) is 0 Å². The van der Waals surface area contributed by atoms with Gasteiger partial charge in [-0.05, 0) is 29.7 Å². The molecule has 1 unspecified atom stereocenters. The molecule has 20 heavy (non-hydrogen) atoms. The van der Waals surface area contributed by atoms with Crippen molar-refractivity contribution in [2.45, 2.75) is 26.3 Å². The van der Waals surface area contributed by atoms with Crippen LogP contribution in [0.15, 0.2) is 31.0 Å². The maximum Gasteiger partial charge on any atom is 0.155 e. The highest BCUT2D eigenvalue weighted by Crippen LogP contribution is 2.35. The minimum atomic E-state index is 0.329. The Morgan fingerprint density at radius 3 is 2.95 bits per heavy atom. The SMILES string of the molecule is CC1(C)CCSCC1Nc1ccc(-n2cncn2)nc1. The zero-order chi connectivity index (χ0) is 14.0. The molecule has 3 rings (SSSR count). The minimum absolute atomic E-state index is 0.329. The summed E-state index contributed by atoms with van der Waals surface area (Å²) in [6, 6.07) is 4.50. The molecule has 0 saturated carbocycles. The van der Waals surface area contributed by atoms with Gasteiger partial charge in [-0.3, -0.25) is 0 Å². The van der Waals surface area contributed by atoms with Crippen molar-refractivity contribution in [3.05, 3.63) is 31.0 Å². The summed E-state index contributed by atoms with van der Waals surface area (Å²) in [7, 11) is 0. The average molecular weight is 289 g/mol. The highest BCUT2D eigenvalue weighted by molar-refractivity contribution is 7.99. The highest BCUT2D eigenvalue weighted by Gasteiger charge is 2.32. The van der Waals surface area contributed by atoms with Gasteiger partial charge in [0.05, 0.1) is 11.9 Å². The lowest BCUT2D eigenvalue weighted by Gasteiger charge is -2.39. The van der Waals surface area contributed by atoms with Gasteiger partial charge < -0.3 is 5.32 Å². The first-order valence-corrected chi connectivity index (χ1v) is 7.96. The van der Waals surface area contributed by atoms with E-state index in [9.17, 15) is 0 Å². The summed E-state index contributed by atoms with van der Waals surface area (Å²) in [6.07, 6.45) is 6.28. The van der Waals surface area contributed by atoms with Crippen LogP contribution in [-0.2, 0) is 0 Å². The van der Waals surface area contributed by atoms with Crippen molar-refractivity contribution in [2.75, 3.05) is 16.8 Å². The number of anilines is 1. The second kappa shape index (κ2) is 5.44. The fourth-order valence-corrected chi connectivity index (χ4v) is 3.92. The monoisotopic (exact) mass is 289 g/mol. The number of nitrogens with zero attached hydrogens (tertiary/aromatic N) is 4. The van der Waals surface area contributed by atoms with E-state index in [0.717, 1.165) is 17.3 Å². The van der Waals surface area contributed by atoms with Crippen LogP contribution in [0.1, 0.15) is 20.3 Å². The predicted octanol–water partition coefficient (Wildman–Crippen LogP) is 2.61. The molecule has 0 aliphatic carbocycles. The van der Waals surface area contributed by atoms with Crippen LogP contribution in [-0.4, -0.2) is 37.3 Å². The van der Waals surface area contributed by atoms with Gasteiger partial charge in [-0.15, -0.1) is 0 Å². The zero-order valence-electron chi connectivity index (χ0n) is 11.8. The van der Waals surface area contributed by atoms with Crippen molar-refractivity contribution in [2.24, 2.45) is 5.41 Å². The van der Waals surface area contributed by atoms with E-state index >= 15 is 0 Å². The Kier molecular flexibility index (Phi) is 3.65.